The summed E-state index contributed by atoms with van der Waals surface area (Å²) >= 11 is 0. The molecule has 1 amide bonds. The van der Waals surface area contributed by atoms with Crippen molar-refractivity contribution >= 4 is 12.1 Å². The van der Waals surface area contributed by atoms with Gasteiger partial charge in [-0.05, 0) is 50.1 Å². The van der Waals surface area contributed by atoms with Crippen LogP contribution >= 0.6 is 0 Å². The Morgan fingerprint density at radius 2 is 1.83 bits per heavy atom. The molecule has 5 nitrogen and oxygen atoms in total. The van der Waals surface area contributed by atoms with Gasteiger partial charge < -0.3 is 9.47 Å². The lowest BCUT2D eigenvalue weighted by molar-refractivity contribution is -0.123. The predicted octanol–water partition coefficient (Wildman–Crippen LogP) is 3.23. The van der Waals surface area contributed by atoms with Crippen molar-refractivity contribution in [2.45, 2.75) is 20.8 Å². The van der Waals surface area contributed by atoms with Gasteiger partial charge in [-0.3, -0.25) is 4.79 Å². The van der Waals surface area contributed by atoms with Gasteiger partial charge in [0.1, 0.15) is 11.5 Å². The van der Waals surface area contributed by atoms with E-state index in [1.165, 1.54) is 0 Å². The van der Waals surface area contributed by atoms with Gasteiger partial charge in [0.15, 0.2) is 6.61 Å². The van der Waals surface area contributed by atoms with E-state index in [0.717, 1.165) is 22.4 Å². The van der Waals surface area contributed by atoms with E-state index in [1.54, 1.807) is 6.21 Å². The molecule has 0 aliphatic rings. The molecule has 0 aromatic heterocycles. The maximum absolute atomic E-state index is 11.8. The van der Waals surface area contributed by atoms with Crippen molar-refractivity contribution in [1.29, 1.82) is 0 Å². The van der Waals surface area contributed by atoms with Gasteiger partial charge in [0.05, 0.1) is 12.8 Å². The molecule has 0 saturated heterocycles. The number of ether oxygens (including phenoxy) is 2. The first-order chi connectivity index (χ1) is 11.6. The maximum Gasteiger partial charge on any atom is 0.277 e. The summed E-state index contributed by atoms with van der Waals surface area (Å²) in [6.45, 7) is 6.36. The largest absolute Gasteiger partial charge is 0.493 e. The van der Waals surface area contributed by atoms with Crippen molar-refractivity contribution in [3.8, 4) is 11.5 Å². The molecule has 0 aliphatic heterocycles. The molecule has 2 rings (SSSR count). The molecule has 0 saturated carbocycles. The van der Waals surface area contributed by atoms with E-state index >= 15 is 0 Å². The van der Waals surface area contributed by atoms with E-state index in [4.69, 9.17) is 9.47 Å². The highest BCUT2D eigenvalue weighted by atomic mass is 16.5. The number of hydrazone groups is 1. The Bertz CT molecular complexity index is 726. The molecule has 2 aromatic carbocycles. The third-order valence-electron chi connectivity index (χ3n) is 3.53. The van der Waals surface area contributed by atoms with Crippen LogP contribution in [0, 0.1) is 13.8 Å². The molecule has 1 N–H and O–H groups in total. The SMILES string of the molecule is CCOc1ccccc1C=NNC(=O)COc1cccc(C)c1C. The standard InChI is InChI=1S/C19H22N2O3/c1-4-23-18-10-6-5-9-16(18)12-20-21-19(22)13-24-17-11-7-8-14(2)15(17)3/h5-12H,4,13H2,1-3H3,(H,21,22). The smallest absolute Gasteiger partial charge is 0.277 e. The molecular weight excluding hydrogens is 304 g/mol. The van der Waals surface area contributed by atoms with Gasteiger partial charge in [0.25, 0.3) is 5.91 Å². The summed E-state index contributed by atoms with van der Waals surface area (Å²) in [6.07, 6.45) is 1.56. The van der Waals surface area contributed by atoms with Gasteiger partial charge >= 0.3 is 0 Å². The zero-order valence-electron chi connectivity index (χ0n) is 14.2. The summed E-state index contributed by atoms with van der Waals surface area (Å²) in [4.78, 5) is 11.8. The van der Waals surface area contributed by atoms with Gasteiger partial charge in [-0.1, -0.05) is 24.3 Å². The van der Waals surface area contributed by atoms with Crippen LogP contribution in [0.5, 0.6) is 11.5 Å². The zero-order chi connectivity index (χ0) is 17.4. The first-order valence-electron chi connectivity index (χ1n) is 7.84. The minimum Gasteiger partial charge on any atom is -0.493 e. The molecule has 0 aliphatic carbocycles. The lowest BCUT2D eigenvalue weighted by atomic mass is 10.1. The third kappa shape index (κ3) is 4.84. The average molecular weight is 326 g/mol. The van der Waals surface area contributed by atoms with Crippen LogP contribution < -0.4 is 14.9 Å². The fourth-order valence-electron chi connectivity index (χ4n) is 2.10. The minimum atomic E-state index is -0.318. The average Bonchev–Trinajstić information content (AvgIpc) is 2.58. The lowest BCUT2D eigenvalue weighted by Crippen LogP contribution is -2.24. The Hall–Kier alpha value is -2.82. The molecule has 0 unspecified atom stereocenters. The van der Waals surface area contributed by atoms with Crippen molar-refractivity contribution < 1.29 is 14.3 Å². The predicted molar refractivity (Wildman–Crippen MR) is 94.8 cm³/mol. The first kappa shape index (κ1) is 17.5. The number of hydrogen-bond donors (Lipinski definition) is 1. The van der Waals surface area contributed by atoms with Crippen LogP contribution in [0.2, 0.25) is 0 Å². The van der Waals surface area contributed by atoms with Gasteiger partial charge in [-0.15, -0.1) is 0 Å². The van der Waals surface area contributed by atoms with Gasteiger partial charge in [-0.25, -0.2) is 5.43 Å². The molecule has 0 heterocycles. The second kappa shape index (κ2) is 8.72. The Morgan fingerprint density at radius 3 is 2.62 bits per heavy atom. The maximum atomic E-state index is 11.8. The summed E-state index contributed by atoms with van der Waals surface area (Å²) in [5.74, 6) is 1.11. The van der Waals surface area contributed by atoms with E-state index in [9.17, 15) is 4.79 Å². The van der Waals surface area contributed by atoms with Crippen LogP contribution in [0.1, 0.15) is 23.6 Å². The first-order valence-corrected chi connectivity index (χ1v) is 7.84. The van der Waals surface area contributed by atoms with E-state index in [0.29, 0.717) is 12.4 Å². The highest BCUT2D eigenvalue weighted by Gasteiger charge is 2.05. The van der Waals surface area contributed by atoms with Crippen LogP contribution in [0.3, 0.4) is 0 Å². The number of nitrogens with one attached hydrogen (secondary N) is 1. The van der Waals surface area contributed by atoms with Crippen LogP contribution in [0.15, 0.2) is 47.6 Å². The monoisotopic (exact) mass is 326 g/mol. The summed E-state index contributed by atoms with van der Waals surface area (Å²) < 4.78 is 11.0. The number of hydrogen-bond acceptors (Lipinski definition) is 4. The fourth-order valence-corrected chi connectivity index (χ4v) is 2.10. The van der Waals surface area contributed by atoms with Crippen molar-refractivity contribution in [1.82, 2.24) is 5.43 Å². The number of carbonyl (C=O) groups is 1. The topological polar surface area (TPSA) is 59.9 Å². The molecule has 0 atom stereocenters. The molecule has 24 heavy (non-hydrogen) atoms. The van der Waals surface area contributed by atoms with Crippen molar-refractivity contribution in [2.24, 2.45) is 5.10 Å². The zero-order valence-corrected chi connectivity index (χ0v) is 14.2. The second-order valence-electron chi connectivity index (χ2n) is 5.25. The normalized spacial score (nSPS) is 10.6. The van der Waals surface area contributed by atoms with E-state index < -0.39 is 0 Å². The third-order valence-corrected chi connectivity index (χ3v) is 3.53. The van der Waals surface area contributed by atoms with Crippen LogP contribution in [-0.2, 0) is 4.79 Å². The van der Waals surface area contributed by atoms with Crippen molar-refractivity contribution in [2.75, 3.05) is 13.2 Å². The summed E-state index contributed by atoms with van der Waals surface area (Å²) in [5.41, 5.74) is 5.41. The number of nitrogens with zero attached hydrogens (tertiary/aromatic N) is 1. The number of amides is 1. The Morgan fingerprint density at radius 1 is 1.08 bits per heavy atom. The quantitative estimate of drug-likeness (QED) is 0.628. The Labute approximate surface area is 142 Å². The molecular formula is C19H22N2O3. The summed E-state index contributed by atoms with van der Waals surface area (Å²) in [7, 11) is 0. The molecule has 0 spiro atoms. The Kier molecular flexibility index (Phi) is 6.37. The molecule has 5 heteroatoms. The molecule has 0 fully saturated rings. The molecule has 0 radical (unpaired) electrons. The van der Waals surface area contributed by atoms with E-state index in [2.05, 4.69) is 10.5 Å². The number of para-hydroxylation sites is 1. The lowest BCUT2D eigenvalue weighted by Gasteiger charge is -2.09. The van der Waals surface area contributed by atoms with Gasteiger partial charge in [0, 0.05) is 5.56 Å². The number of carbonyl (C=O) groups excluding carboxylic acids is 1. The van der Waals surface area contributed by atoms with Gasteiger partial charge in [0.2, 0.25) is 0 Å². The number of rotatable bonds is 7. The highest BCUT2D eigenvalue weighted by molar-refractivity contribution is 5.85. The summed E-state index contributed by atoms with van der Waals surface area (Å²) in [5, 5.41) is 3.95. The van der Waals surface area contributed by atoms with E-state index in [1.807, 2.05) is 63.2 Å². The highest BCUT2D eigenvalue weighted by Crippen LogP contribution is 2.20. The molecule has 0 bridgehead atoms. The molecule has 126 valence electrons. The van der Waals surface area contributed by atoms with Crippen LogP contribution in [0.4, 0.5) is 0 Å². The molecule has 2 aromatic rings. The van der Waals surface area contributed by atoms with Crippen LogP contribution in [-0.4, -0.2) is 25.3 Å². The number of benzene rings is 2. The summed E-state index contributed by atoms with van der Waals surface area (Å²) in [6, 6.07) is 13.2. The minimum absolute atomic E-state index is 0.0886. The fraction of sp³-hybridized carbons (Fsp3) is 0.263. The van der Waals surface area contributed by atoms with Gasteiger partial charge in [-0.2, -0.15) is 5.10 Å². The second-order valence-corrected chi connectivity index (χ2v) is 5.25. The van der Waals surface area contributed by atoms with Crippen molar-refractivity contribution in [3.63, 3.8) is 0 Å². The van der Waals surface area contributed by atoms with Crippen LogP contribution in [0.25, 0.3) is 0 Å². The van der Waals surface area contributed by atoms with E-state index in [-0.39, 0.29) is 12.5 Å². The number of aryl methyl sites for hydroxylation is 1. The van der Waals surface area contributed by atoms with Crippen molar-refractivity contribution in [3.05, 3.63) is 59.2 Å². The Balaban J connectivity index is 1.88.